The Balaban J connectivity index is 2.27. The van der Waals surface area contributed by atoms with E-state index >= 15 is 0 Å². The Bertz CT molecular complexity index is 260. The van der Waals surface area contributed by atoms with E-state index in [9.17, 15) is 4.79 Å². The van der Waals surface area contributed by atoms with E-state index in [4.69, 9.17) is 10.00 Å². The molecule has 0 saturated carbocycles. The quantitative estimate of drug-likeness (QED) is 0.686. The Morgan fingerprint density at radius 2 is 2.40 bits per heavy atom. The molecule has 0 spiro atoms. The van der Waals surface area contributed by atoms with Gasteiger partial charge in [0.05, 0.1) is 0 Å². The van der Waals surface area contributed by atoms with Crippen LogP contribution in [0.4, 0.5) is 4.79 Å². The van der Waals surface area contributed by atoms with Crippen molar-refractivity contribution >= 4 is 6.09 Å². The van der Waals surface area contributed by atoms with Gasteiger partial charge >= 0.3 is 6.09 Å². The number of rotatable bonds is 4. The molecule has 5 nitrogen and oxygen atoms in total. The molecule has 0 radical (unpaired) electrons. The Morgan fingerprint density at radius 3 is 2.93 bits per heavy atom. The minimum atomic E-state index is -0.553. The highest BCUT2D eigenvalue weighted by molar-refractivity contribution is 5.68. The zero-order valence-electron chi connectivity index (χ0n) is 9.27. The first-order chi connectivity index (χ1) is 7.13. The average molecular weight is 211 g/mol. The third-order valence-corrected chi connectivity index (χ3v) is 2.34. The second-order valence-electron chi connectivity index (χ2n) is 3.93. The topological polar surface area (TPSA) is 56.6 Å². The lowest BCUT2D eigenvalue weighted by Gasteiger charge is -2.29. The summed E-state index contributed by atoms with van der Waals surface area (Å²) in [6, 6.07) is 1.95. The number of amides is 1. The first-order valence-corrected chi connectivity index (χ1v) is 5.13. The number of cyclic esters (lactones) is 1. The van der Waals surface area contributed by atoms with E-state index in [2.05, 4.69) is 4.90 Å². The summed E-state index contributed by atoms with van der Waals surface area (Å²) >= 11 is 0. The molecule has 15 heavy (non-hydrogen) atoms. The SMILES string of the molecule is CN(C)CCCN1CCC(C#N)OC1=O. The molecule has 1 heterocycles. The molecule has 1 amide bonds. The first kappa shape index (κ1) is 11.8. The van der Waals surface area contributed by atoms with Crippen LogP contribution < -0.4 is 0 Å². The van der Waals surface area contributed by atoms with E-state index in [1.807, 2.05) is 20.2 Å². The highest BCUT2D eigenvalue weighted by Gasteiger charge is 2.26. The molecule has 1 aliphatic rings. The summed E-state index contributed by atoms with van der Waals surface area (Å²) in [5, 5.41) is 8.59. The van der Waals surface area contributed by atoms with Crippen LogP contribution >= 0.6 is 0 Å². The Morgan fingerprint density at radius 1 is 1.67 bits per heavy atom. The molecule has 1 unspecified atom stereocenters. The minimum absolute atomic E-state index is 0.355. The second-order valence-corrected chi connectivity index (χ2v) is 3.93. The largest absolute Gasteiger partial charge is 0.431 e. The van der Waals surface area contributed by atoms with E-state index in [-0.39, 0.29) is 6.09 Å². The lowest BCUT2D eigenvalue weighted by molar-refractivity contribution is 0.0466. The number of nitriles is 1. The normalized spacial score (nSPS) is 21.3. The van der Waals surface area contributed by atoms with Gasteiger partial charge in [-0.15, -0.1) is 0 Å². The minimum Gasteiger partial charge on any atom is -0.431 e. The lowest BCUT2D eigenvalue weighted by atomic mass is 10.2. The molecule has 0 aliphatic carbocycles. The summed E-state index contributed by atoms with van der Waals surface area (Å²) in [5.74, 6) is 0. The number of ether oxygens (including phenoxy) is 1. The summed E-state index contributed by atoms with van der Waals surface area (Å²) in [5.41, 5.74) is 0. The van der Waals surface area contributed by atoms with Gasteiger partial charge in [-0.25, -0.2) is 4.79 Å². The lowest BCUT2D eigenvalue weighted by Crippen LogP contribution is -2.42. The summed E-state index contributed by atoms with van der Waals surface area (Å²) in [4.78, 5) is 15.1. The van der Waals surface area contributed by atoms with Crippen molar-refractivity contribution < 1.29 is 9.53 Å². The predicted octanol–water partition coefficient (Wildman–Crippen LogP) is 0.673. The fraction of sp³-hybridized carbons (Fsp3) is 0.800. The van der Waals surface area contributed by atoms with Gasteiger partial charge < -0.3 is 14.5 Å². The van der Waals surface area contributed by atoms with Gasteiger partial charge in [0.1, 0.15) is 6.07 Å². The van der Waals surface area contributed by atoms with Crippen LogP contribution in [0, 0.1) is 11.3 Å². The van der Waals surface area contributed by atoms with Crippen molar-refractivity contribution in [3.8, 4) is 6.07 Å². The molecular weight excluding hydrogens is 194 g/mol. The zero-order valence-corrected chi connectivity index (χ0v) is 9.27. The van der Waals surface area contributed by atoms with Gasteiger partial charge in [0, 0.05) is 19.5 Å². The highest BCUT2D eigenvalue weighted by Crippen LogP contribution is 2.11. The van der Waals surface area contributed by atoms with E-state index < -0.39 is 6.10 Å². The van der Waals surface area contributed by atoms with Crippen molar-refractivity contribution in [2.24, 2.45) is 0 Å². The monoisotopic (exact) mass is 211 g/mol. The van der Waals surface area contributed by atoms with Crippen LogP contribution in [0.15, 0.2) is 0 Å². The number of nitrogens with zero attached hydrogens (tertiary/aromatic N) is 3. The summed E-state index contributed by atoms with van der Waals surface area (Å²) in [6.07, 6.45) is 0.637. The van der Waals surface area contributed by atoms with Gasteiger partial charge in [0.2, 0.25) is 0 Å². The molecule has 0 aromatic carbocycles. The van der Waals surface area contributed by atoms with Gasteiger partial charge in [-0.05, 0) is 27.1 Å². The van der Waals surface area contributed by atoms with Gasteiger partial charge in [0.25, 0.3) is 0 Å². The van der Waals surface area contributed by atoms with Crippen LogP contribution in [0.25, 0.3) is 0 Å². The molecular formula is C10H17N3O2. The van der Waals surface area contributed by atoms with Crippen LogP contribution in [-0.4, -0.2) is 55.7 Å². The van der Waals surface area contributed by atoms with Crippen molar-refractivity contribution in [1.82, 2.24) is 9.80 Å². The Hall–Kier alpha value is -1.28. The van der Waals surface area contributed by atoms with Gasteiger partial charge in [-0.3, -0.25) is 0 Å². The van der Waals surface area contributed by atoms with Crippen molar-refractivity contribution in [2.45, 2.75) is 18.9 Å². The molecule has 1 atom stereocenters. The number of carbonyl (C=O) groups is 1. The smallest absolute Gasteiger partial charge is 0.411 e. The molecule has 0 bridgehead atoms. The van der Waals surface area contributed by atoms with Gasteiger partial charge in [0.15, 0.2) is 6.10 Å². The van der Waals surface area contributed by atoms with Gasteiger partial charge in [-0.1, -0.05) is 0 Å². The van der Waals surface area contributed by atoms with Crippen LogP contribution in [-0.2, 0) is 4.74 Å². The maximum atomic E-state index is 11.4. The van der Waals surface area contributed by atoms with Crippen molar-refractivity contribution in [3.05, 3.63) is 0 Å². The molecule has 5 heteroatoms. The standard InChI is InChI=1S/C10H17N3O2/c1-12(2)5-3-6-13-7-4-9(8-11)15-10(13)14/h9H,3-7H2,1-2H3. The van der Waals surface area contributed by atoms with Crippen molar-refractivity contribution in [2.75, 3.05) is 33.7 Å². The van der Waals surface area contributed by atoms with Crippen LogP contribution in [0.2, 0.25) is 0 Å². The van der Waals surface area contributed by atoms with Crippen LogP contribution in [0.3, 0.4) is 0 Å². The molecule has 0 N–H and O–H groups in total. The maximum Gasteiger partial charge on any atom is 0.411 e. The average Bonchev–Trinajstić information content (AvgIpc) is 2.20. The Kier molecular flexibility index (Phi) is 4.37. The zero-order chi connectivity index (χ0) is 11.3. The molecule has 1 rings (SSSR count). The molecule has 84 valence electrons. The third kappa shape index (κ3) is 3.76. The highest BCUT2D eigenvalue weighted by atomic mass is 16.6. The molecule has 1 aliphatic heterocycles. The number of carbonyl (C=O) groups excluding carboxylic acids is 1. The fourth-order valence-electron chi connectivity index (χ4n) is 1.49. The molecule has 0 aromatic rings. The van der Waals surface area contributed by atoms with E-state index in [1.165, 1.54) is 0 Å². The van der Waals surface area contributed by atoms with E-state index in [0.29, 0.717) is 19.5 Å². The second kappa shape index (κ2) is 5.56. The third-order valence-electron chi connectivity index (χ3n) is 2.34. The summed E-state index contributed by atoms with van der Waals surface area (Å²) < 4.78 is 4.92. The van der Waals surface area contributed by atoms with Crippen LogP contribution in [0.1, 0.15) is 12.8 Å². The molecule has 1 saturated heterocycles. The molecule has 0 aromatic heterocycles. The Labute approximate surface area is 90.2 Å². The summed E-state index contributed by atoms with van der Waals surface area (Å²) in [7, 11) is 4.00. The molecule has 1 fully saturated rings. The van der Waals surface area contributed by atoms with Gasteiger partial charge in [-0.2, -0.15) is 5.26 Å². The first-order valence-electron chi connectivity index (χ1n) is 5.13. The van der Waals surface area contributed by atoms with Crippen molar-refractivity contribution in [1.29, 1.82) is 5.26 Å². The van der Waals surface area contributed by atoms with Crippen molar-refractivity contribution in [3.63, 3.8) is 0 Å². The van der Waals surface area contributed by atoms with E-state index in [0.717, 1.165) is 13.0 Å². The number of hydrogen-bond donors (Lipinski definition) is 0. The van der Waals surface area contributed by atoms with E-state index in [1.54, 1.807) is 4.90 Å². The maximum absolute atomic E-state index is 11.4. The van der Waals surface area contributed by atoms with Crippen LogP contribution in [0.5, 0.6) is 0 Å². The summed E-state index contributed by atoms with van der Waals surface area (Å²) in [6.45, 7) is 2.28. The number of hydrogen-bond acceptors (Lipinski definition) is 4. The predicted molar refractivity (Wildman–Crippen MR) is 55.2 cm³/mol. The fourth-order valence-corrected chi connectivity index (χ4v) is 1.49.